The number of rotatable bonds is 6. The first-order chi connectivity index (χ1) is 13.2. The first-order valence-corrected chi connectivity index (χ1v) is 9.70. The Labute approximate surface area is 164 Å². The Bertz CT molecular complexity index is 905. The maximum atomic E-state index is 6.29. The van der Waals surface area contributed by atoms with Crippen LogP contribution in [-0.4, -0.2) is 42.7 Å². The quantitative estimate of drug-likeness (QED) is 0.696. The molecule has 27 heavy (non-hydrogen) atoms. The smallest absolute Gasteiger partial charge is 0.122 e. The van der Waals surface area contributed by atoms with E-state index < -0.39 is 0 Å². The molecule has 6 heteroatoms. The number of morpholine rings is 1. The van der Waals surface area contributed by atoms with Gasteiger partial charge in [-0.15, -0.1) is 0 Å². The summed E-state index contributed by atoms with van der Waals surface area (Å²) in [5, 5.41) is 5.38. The largest absolute Gasteiger partial charge is 0.465 e. The zero-order valence-electron chi connectivity index (χ0n) is 15.5. The van der Waals surface area contributed by atoms with Crippen molar-refractivity contribution in [3.63, 3.8) is 0 Å². The van der Waals surface area contributed by atoms with Crippen LogP contribution in [0.2, 0.25) is 5.02 Å². The first kappa shape index (κ1) is 18.4. The van der Waals surface area contributed by atoms with Crippen LogP contribution in [0.4, 0.5) is 0 Å². The highest BCUT2D eigenvalue weighted by atomic mass is 35.5. The van der Waals surface area contributed by atoms with Crippen LogP contribution >= 0.6 is 11.6 Å². The molecule has 5 nitrogen and oxygen atoms in total. The average Bonchev–Trinajstić information content (AvgIpc) is 3.11. The van der Waals surface area contributed by atoms with Gasteiger partial charge in [0, 0.05) is 42.8 Å². The number of hydrogen-bond donors (Lipinski definition) is 1. The number of furan rings is 1. The fraction of sp³-hybridized carbons (Fsp3) is 0.381. The summed E-state index contributed by atoms with van der Waals surface area (Å²) in [6, 6.07) is 12.2. The SMILES string of the molecule is Cc1ccc(C(CNCc2cc(Cl)cc3cccnc23)N2CCOCC2)o1. The van der Waals surface area contributed by atoms with Crippen LogP contribution in [0.5, 0.6) is 0 Å². The van der Waals surface area contributed by atoms with E-state index in [2.05, 4.69) is 21.3 Å². The molecule has 3 aromatic rings. The Balaban J connectivity index is 1.50. The minimum absolute atomic E-state index is 0.181. The molecule has 3 heterocycles. The van der Waals surface area contributed by atoms with Crippen molar-refractivity contribution in [3.8, 4) is 0 Å². The number of nitrogens with zero attached hydrogens (tertiary/aromatic N) is 2. The van der Waals surface area contributed by atoms with Crippen LogP contribution in [0.3, 0.4) is 0 Å². The molecule has 1 fully saturated rings. The number of pyridine rings is 1. The minimum atomic E-state index is 0.181. The molecular weight excluding hydrogens is 362 g/mol. The summed E-state index contributed by atoms with van der Waals surface area (Å²) < 4.78 is 11.4. The second kappa shape index (κ2) is 8.40. The lowest BCUT2D eigenvalue weighted by atomic mass is 10.1. The van der Waals surface area contributed by atoms with Gasteiger partial charge >= 0.3 is 0 Å². The van der Waals surface area contributed by atoms with Gasteiger partial charge in [-0.2, -0.15) is 0 Å². The second-order valence-corrected chi connectivity index (χ2v) is 7.32. The third-order valence-electron chi connectivity index (χ3n) is 4.98. The first-order valence-electron chi connectivity index (χ1n) is 9.33. The Morgan fingerprint density at radius 2 is 2.07 bits per heavy atom. The zero-order chi connectivity index (χ0) is 18.6. The maximum absolute atomic E-state index is 6.29. The summed E-state index contributed by atoms with van der Waals surface area (Å²) in [4.78, 5) is 6.95. The molecular formula is C21H24ClN3O2. The monoisotopic (exact) mass is 385 g/mol. The van der Waals surface area contributed by atoms with Gasteiger partial charge in [0.15, 0.2) is 0 Å². The third kappa shape index (κ3) is 4.33. The van der Waals surface area contributed by atoms with E-state index in [1.54, 1.807) is 0 Å². The number of hydrogen-bond acceptors (Lipinski definition) is 5. The molecule has 2 aromatic heterocycles. The molecule has 0 radical (unpaired) electrons. The highest BCUT2D eigenvalue weighted by Crippen LogP contribution is 2.25. The van der Waals surface area contributed by atoms with Crippen molar-refractivity contribution in [2.24, 2.45) is 0 Å². The molecule has 0 aliphatic carbocycles. The van der Waals surface area contributed by atoms with Gasteiger partial charge in [0.25, 0.3) is 0 Å². The molecule has 1 aliphatic heterocycles. The number of fused-ring (bicyclic) bond motifs is 1. The lowest BCUT2D eigenvalue weighted by Crippen LogP contribution is -2.42. The molecule has 0 amide bonds. The van der Waals surface area contributed by atoms with E-state index in [0.717, 1.165) is 65.9 Å². The van der Waals surface area contributed by atoms with Gasteiger partial charge in [-0.25, -0.2) is 0 Å². The van der Waals surface area contributed by atoms with E-state index >= 15 is 0 Å². The number of nitrogens with one attached hydrogen (secondary N) is 1. The topological polar surface area (TPSA) is 50.5 Å². The third-order valence-corrected chi connectivity index (χ3v) is 5.20. The summed E-state index contributed by atoms with van der Waals surface area (Å²) in [7, 11) is 0. The van der Waals surface area contributed by atoms with Crippen LogP contribution < -0.4 is 5.32 Å². The summed E-state index contributed by atoms with van der Waals surface area (Å²) in [5.41, 5.74) is 2.10. The Kier molecular flexibility index (Phi) is 5.74. The Morgan fingerprint density at radius 3 is 2.85 bits per heavy atom. The molecule has 0 spiro atoms. The van der Waals surface area contributed by atoms with Crippen LogP contribution in [0.25, 0.3) is 10.9 Å². The highest BCUT2D eigenvalue weighted by molar-refractivity contribution is 6.31. The van der Waals surface area contributed by atoms with Gasteiger partial charge in [0.05, 0.1) is 24.8 Å². The van der Waals surface area contributed by atoms with Gasteiger partial charge in [0.2, 0.25) is 0 Å². The fourth-order valence-corrected chi connectivity index (χ4v) is 3.89. The predicted molar refractivity (Wildman–Crippen MR) is 107 cm³/mol. The normalized spacial score (nSPS) is 16.7. The minimum Gasteiger partial charge on any atom is -0.465 e. The number of halogens is 1. The van der Waals surface area contributed by atoms with Crippen molar-refractivity contribution >= 4 is 22.5 Å². The summed E-state index contributed by atoms with van der Waals surface area (Å²) in [6.45, 7) is 6.82. The van der Waals surface area contributed by atoms with E-state index in [4.69, 9.17) is 20.8 Å². The zero-order valence-corrected chi connectivity index (χ0v) is 16.2. The van der Waals surface area contributed by atoms with Crippen molar-refractivity contribution in [1.82, 2.24) is 15.2 Å². The van der Waals surface area contributed by atoms with Gasteiger partial charge in [-0.05, 0) is 42.8 Å². The summed E-state index contributed by atoms with van der Waals surface area (Å²) in [5.74, 6) is 1.93. The van der Waals surface area contributed by atoms with Crippen LogP contribution in [0.15, 0.2) is 47.0 Å². The van der Waals surface area contributed by atoms with Crippen molar-refractivity contribution in [2.45, 2.75) is 19.5 Å². The van der Waals surface area contributed by atoms with Crippen LogP contribution in [0.1, 0.15) is 23.1 Å². The molecule has 4 rings (SSSR count). The lowest BCUT2D eigenvalue weighted by molar-refractivity contribution is 0.0115. The van der Waals surface area contributed by atoms with E-state index in [1.807, 2.05) is 43.5 Å². The highest BCUT2D eigenvalue weighted by Gasteiger charge is 2.25. The summed E-state index contributed by atoms with van der Waals surface area (Å²) in [6.07, 6.45) is 1.82. The van der Waals surface area contributed by atoms with Crippen molar-refractivity contribution in [3.05, 3.63) is 64.7 Å². The molecule has 0 bridgehead atoms. The van der Waals surface area contributed by atoms with Crippen molar-refractivity contribution < 1.29 is 9.15 Å². The standard InChI is InChI=1S/C21H24ClN3O2/c1-15-4-5-20(27-15)19(25-7-9-26-10-8-25)14-23-13-17-12-18(22)11-16-3-2-6-24-21(16)17/h2-6,11-12,19,23H,7-10,13-14H2,1H3. The van der Waals surface area contributed by atoms with E-state index in [9.17, 15) is 0 Å². The van der Waals surface area contributed by atoms with Gasteiger partial charge in [0.1, 0.15) is 11.5 Å². The fourth-order valence-electron chi connectivity index (χ4n) is 3.64. The molecule has 1 aromatic carbocycles. The molecule has 1 saturated heterocycles. The number of benzene rings is 1. The van der Waals surface area contributed by atoms with E-state index in [-0.39, 0.29) is 6.04 Å². The second-order valence-electron chi connectivity index (χ2n) is 6.88. The van der Waals surface area contributed by atoms with Gasteiger partial charge in [-0.3, -0.25) is 9.88 Å². The summed E-state index contributed by atoms with van der Waals surface area (Å²) >= 11 is 6.29. The van der Waals surface area contributed by atoms with E-state index in [0.29, 0.717) is 6.54 Å². The molecule has 142 valence electrons. The number of aryl methyl sites for hydroxylation is 1. The van der Waals surface area contributed by atoms with Crippen LogP contribution in [-0.2, 0) is 11.3 Å². The predicted octanol–water partition coefficient (Wildman–Crippen LogP) is 3.95. The maximum Gasteiger partial charge on any atom is 0.122 e. The molecule has 1 aliphatic rings. The van der Waals surface area contributed by atoms with E-state index in [1.165, 1.54) is 0 Å². The number of ether oxygens (including phenoxy) is 1. The number of aromatic nitrogens is 1. The average molecular weight is 386 g/mol. The molecule has 1 atom stereocenters. The van der Waals surface area contributed by atoms with Gasteiger partial charge < -0.3 is 14.5 Å². The Morgan fingerprint density at radius 1 is 1.22 bits per heavy atom. The van der Waals surface area contributed by atoms with Crippen LogP contribution in [0, 0.1) is 6.92 Å². The lowest BCUT2D eigenvalue weighted by Gasteiger charge is -2.33. The van der Waals surface area contributed by atoms with Gasteiger partial charge in [-0.1, -0.05) is 17.7 Å². The molecule has 1 N–H and O–H groups in total. The Hall–Kier alpha value is -1.92. The molecule has 0 saturated carbocycles. The molecule has 1 unspecified atom stereocenters. The van der Waals surface area contributed by atoms with Crippen molar-refractivity contribution in [2.75, 3.05) is 32.8 Å². The van der Waals surface area contributed by atoms with Crippen molar-refractivity contribution in [1.29, 1.82) is 0 Å².